The van der Waals surface area contributed by atoms with E-state index in [2.05, 4.69) is 15.8 Å². The highest BCUT2D eigenvalue weighted by atomic mass is 16.7. The molecule has 20 nitrogen and oxygen atoms in total. The van der Waals surface area contributed by atoms with Gasteiger partial charge in [0, 0.05) is 45.3 Å². The van der Waals surface area contributed by atoms with Crippen molar-refractivity contribution in [1.29, 1.82) is 0 Å². The number of aliphatic hydroxyl groups is 3. The van der Waals surface area contributed by atoms with E-state index in [0.29, 0.717) is 24.7 Å². The van der Waals surface area contributed by atoms with E-state index in [4.69, 9.17) is 42.7 Å². The number of ether oxygens (including phenoxy) is 8. The fourth-order valence-corrected chi connectivity index (χ4v) is 11.5. The van der Waals surface area contributed by atoms with Crippen molar-refractivity contribution in [3.05, 3.63) is 0 Å². The van der Waals surface area contributed by atoms with Crippen LogP contribution in [0.1, 0.15) is 147 Å². The van der Waals surface area contributed by atoms with E-state index in [1.165, 1.54) is 60.1 Å². The number of aliphatic hydroxyl groups excluding tert-OH is 1. The second-order valence-corrected chi connectivity index (χ2v) is 22.1. The van der Waals surface area contributed by atoms with E-state index < -0.39 is 132 Å². The van der Waals surface area contributed by atoms with Gasteiger partial charge in [-0.15, -0.1) is 0 Å². The number of hydrogen-bond acceptors (Lipinski definition) is 18. The van der Waals surface area contributed by atoms with Gasteiger partial charge in [-0.25, -0.2) is 4.79 Å². The Labute approximate surface area is 428 Å². The molecule has 1 aliphatic carbocycles. The van der Waals surface area contributed by atoms with Crippen molar-refractivity contribution in [2.24, 2.45) is 34.7 Å². The summed E-state index contributed by atoms with van der Waals surface area (Å²) in [5.41, 5.74) is -4.59. The van der Waals surface area contributed by atoms with Crippen LogP contribution >= 0.6 is 0 Å². The second kappa shape index (κ2) is 27.0. The predicted molar refractivity (Wildman–Crippen MR) is 266 cm³/mol. The molecule has 4 aliphatic rings. The molecule has 0 bridgehead atoms. The molecule has 3 saturated heterocycles. The lowest BCUT2D eigenvalue weighted by Crippen LogP contribution is -2.62. The lowest BCUT2D eigenvalue weighted by atomic mass is 9.73. The van der Waals surface area contributed by atoms with Crippen molar-refractivity contribution in [3.63, 3.8) is 0 Å². The maximum atomic E-state index is 14.7. The first-order valence-corrected chi connectivity index (χ1v) is 26.4. The van der Waals surface area contributed by atoms with Crippen molar-refractivity contribution < 1.29 is 77.2 Å². The van der Waals surface area contributed by atoms with Crippen LogP contribution in [0.3, 0.4) is 0 Å². The molecule has 5 N–H and O–H groups in total. The molecule has 0 radical (unpaired) electrons. The number of methoxy groups -OCH3 is 1. The summed E-state index contributed by atoms with van der Waals surface area (Å²) in [4.78, 5) is 60.4. The van der Waals surface area contributed by atoms with Crippen LogP contribution in [-0.2, 0) is 57.1 Å². The van der Waals surface area contributed by atoms with Gasteiger partial charge in [0.25, 0.3) is 0 Å². The molecule has 4 rings (SSSR count). The molecule has 0 spiro atoms. The minimum absolute atomic E-state index is 0.0431. The number of nitrogens with zero attached hydrogens (tertiary/aromatic N) is 2. The van der Waals surface area contributed by atoms with Gasteiger partial charge in [0.1, 0.15) is 23.9 Å². The zero-order chi connectivity index (χ0) is 53.9. The zero-order valence-electron chi connectivity index (χ0n) is 46.0. The number of nitrogens with one attached hydrogen (secondary N) is 2. The van der Waals surface area contributed by atoms with Gasteiger partial charge in [-0.3, -0.25) is 14.4 Å². The van der Waals surface area contributed by atoms with Gasteiger partial charge in [0.2, 0.25) is 5.91 Å². The van der Waals surface area contributed by atoms with Gasteiger partial charge >= 0.3 is 18.0 Å². The van der Waals surface area contributed by atoms with Gasteiger partial charge in [-0.05, 0) is 93.7 Å². The molecule has 1 saturated carbocycles. The average Bonchev–Trinajstić information content (AvgIpc) is 3.32. The van der Waals surface area contributed by atoms with E-state index in [1.54, 1.807) is 48.5 Å². The van der Waals surface area contributed by atoms with Crippen LogP contribution in [0.5, 0.6) is 0 Å². The van der Waals surface area contributed by atoms with Crippen LogP contribution in [0, 0.1) is 29.6 Å². The summed E-state index contributed by atoms with van der Waals surface area (Å²) < 4.78 is 50.8. The predicted octanol–water partition coefficient (Wildman–Crippen LogP) is 5.00. The molecular weight excluding hydrogens is 937 g/mol. The van der Waals surface area contributed by atoms with Gasteiger partial charge in [-0.2, -0.15) is 0 Å². The number of amides is 2. The zero-order valence-corrected chi connectivity index (χ0v) is 46.0. The van der Waals surface area contributed by atoms with Crippen molar-refractivity contribution in [1.82, 2.24) is 15.5 Å². The molecule has 2 unspecified atom stereocenters. The quantitative estimate of drug-likeness (QED) is 0.0590. The molecule has 4 fully saturated rings. The molecule has 2 amide bonds. The number of carbonyl (C=O) groups is 4. The minimum Gasteiger partial charge on any atom is -0.459 e. The molecule has 0 aromatic carbocycles. The third kappa shape index (κ3) is 15.9. The Kier molecular flexibility index (Phi) is 23.0. The number of alkyl carbamates (subject to hydrolysis) is 1. The molecule has 0 aromatic rings. The first-order valence-electron chi connectivity index (χ1n) is 26.4. The largest absolute Gasteiger partial charge is 0.459 e. The average molecular weight is 1030 g/mol. The van der Waals surface area contributed by atoms with Gasteiger partial charge in [0.15, 0.2) is 24.8 Å². The molecule has 18 atom stereocenters. The number of oxime groups is 1. The van der Waals surface area contributed by atoms with Crippen LogP contribution in [0.15, 0.2) is 5.16 Å². The van der Waals surface area contributed by atoms with Crippen molar-refractivity contribution in [2.75, 3.05) is 41.4 Å². The maximum absolute atomic E-state index is 14.7. The number of hydrogen-bond donors (Lipinski definition) is 5. The van der Waals surface area contributed by atoms with Crippen LogP contribution in [0.25, 0.3) is 0 Å². The normalized spacial score (nSPS) is 40.4. The highest BCUT2D eigenvalue weighted by Crippen LogP contribution is 2.42. The van der Waals surface area contributed by atoms with E-state index in [9.17, 15) is 34.5 Å². The molecule has 20 heteroatoms. The Hall–Kier alpha value is -3.21. The lowest BCUT2D eigenvalue weighted by Gasteiger charge is -2.49. The summed E-state index contributed by atoms with van der Waals surface area (Å²) in [6, 6.07) is -0.466. The summed E-state index contributed by atoms with van der Waals surface area (Å²) in [5.74, 6) is -4.70. The number of likely N-dealkylation sites (N-methyl/N-ethyl adjacent to an activating group) is 2. The summed E-state index contributed by atoms with van der Waals surface area (Å²) in [5, 5.41) is 47.2. The Morgan fingerprint density at radius 2 is 1.57 bits per heavy atom. The van der Waals surface area contributed by atoms with Crippen LogP contribution in [-0.4, -0.2) is 176 Å². The van der Waals surface area contributed by atoms with Crippen molar-refractivity contribution in [3.8, 4) is 0 Å². The number of esters is 2. The summed E-state index contributed by atoms with van der Waals surface area (Å²) in [7, 11) is 6.60. The smallest absolute Gasteiger partial charge is 0.408 e. The highest BCUT2D eigenvalue weighted by Gasteiger charge is 2.55. The van der Waals surface area contributed by atoms with Crippen molar-refractivity contribution >= 4 is 29.7 Å². The lowest BCUT2D eigenvalue weighted by molar-refractivity contribution is -0.318. The fraction of sp³-hybridized carbons (Fsp3) is 0.904. The van der Waals surface area contributed by atoms with Crippen LogP contribution < -0.4 is 10.6 Å². The van der Waals surface area contributed by atoms with Gasteiger partial charge < -0.3 is 73.6 Å². The Bertz CT molecular complexity index is 1780. The first-order chi connectivity index (χ1) is 33.7. The third-order valence-electron chi connectivity index (χ3n) is 15.7. The second-order valence-electron chi connectivity index (χ2n) is 22.1. The molecule has 3 heterocycles. The first kappa shape index (κ1) is 61.3. The minimum atomic E-state index is -1.99. The summed E-state index contributed by atoms with van der Waals surface area (Å²) in [6.45, 7) is 18.3. The molecular formula is C52H92N4O16. The van der Waals surface area contributed by atoms with Gasteiger partial charge in [-0.1, -0.05) is 65.0 Å². The summed E-state index contributed by atoms with van der Waals surface area (Å²) in [6.07, 6.45) is -3.18. The van der Waals surface area contributed by atoms with E-state index >= 15 is 0 Å². The Morgan fingerprint density at radius 3 is 2.17 bits per heavy atom. The Balaban J connectivity index is 1.88. The van der Waals surface area contributed by atoms with E-state index in [0.717, 1.165) is 12.8 Å². The van der Waals surface area contributed by atoms with Gasteiger partial charge in [0.05, 0.1) is 60.3 Å². The maximum Gasteiger partial charge on any atom is 0.408 e. The number of carbonyl (C=O) groups excluding carboxylic acids is 4. The van der Waals surface area contributed by atoms with Crippen molar-refractivity contribution in [2.45, 2.75) is 231 Å². The highest BCUT2D eigenvalue weighted by molar-refractivity contribution is 5.89. The molecule has 72 heavy (non-hydrogen) atoms. The fourth-order valence-electron chi connectivity index (χ4n) is 11.5. The standard InChI is InChI=1S/C52H92N4O16/c1-16-38-52(11,63)44(59)31(4)41(55-65-24-20-23-36-21-18-17-19-22-36)29(2)26-50(9,62)45(72-48-43(37(56(13)14)25-30(3)66-48)71-49(61)54-28-39(58)53-12)32(5)42(33(6)47(60)69-38)70-40-27-51(10,64-15)46(34(7)67-40)68-35(8)57/h29-34,36-38,40,42-46,48,59,62-63H,16-28H2,1-15H3,(H,53,58)(H,54,61)/b55-41+/t29-,30-,31+,32+,33-,34+,37+,38-,40+,42+,43-,44-,45-,46+,48?,50?,51-,52-/m1/s1. The Morgan fingerprint density at radius 1 is 0.903 bits per heavy atom. The SMILES string of the molecule is CC[C@H]1OC(=O)[C@H](C)[C@@H](O[C@H]2C[C@@](C)(OC)[C@@H](OC(C)=O)[C@H](C)O2)[C@H](C)[C@@H](OC2O[C@H](C)C[C@H](N(C)C)[C@H]2OC(=O)NCC(=O)NC)C(C)(O)C[C@@H](C)/C(=N\OCCCC2CCCCC2)[C@H](C)[C@@H](O)[C@]1(C)O. The molecule has 416 valence electrons. The van der Waals surface area contributed by atoms with E-state index in [-0.39, 0.29) is 25.8 Å². The molecule has 0 aromatic heterocycles. The third-order valence-corrected chi connectivity index (χ3v) is 15.7. The van der Waals surface area contributed by atoms with E-state index in [1.807, 2.05) is 32.8 Å². The monoisotopic (exact) mass is 1030 g/mol. The number of rotatable bonds is 16. The molecule has 3 aliphatic heterocycles. The number of cyclic esters (lactones) is 1. The topological polar surface area (TPSA) is 252 Å². The van der Waals surface area contributed by atoms with Crippen LogP contribution in [0.2, 0.25) is 0 Å². The summed E-state index contributed by atoms with van der Waals surface area (Å²) >= 11 is 0. The van der Waals surface area contributed by atoms with Crippen LogP contribution in [0.4, 0.5) is 4.79 Å².